The predicted molar refractivity (Wildman–Crippen MR) is 269 cm³/mol. The molecule has 16 N–H and O–H groups in total. The van der Waals surface area contributed by atoms with Crippen molar-refractivity contribution in [1.29, 1.82) is 0 Å². The van der Waals surface area contributed by atoms with Crippen molar-refractivity contribution < 1.29 is 19.7 Å². The molecular formula is C48H72N12O4. The highest BCUT2D eigenvalue weighted by Gasteiger charge is 2.17. The normalized spacial score (nSPS) is 9.59. The number of nitrogens with zero attached hydrogens (tertiary/aromatic N) is 4. The summed E-state index contributed by atoms with van der Waals surface area (Å²) < 4.78 is 11.8. The van der Waals surface area contributed by atoms with Crippen LogP contribution in [0.15, 0.2) is 97.3 Å². The zero-order valence-corrected chi connectivity index (χ0v) is 39.6. The topological polar surface area (TPSA) is 299 Å². The predicted octanol–water partition coefficient (Wildman–Crippen LogP) is 10.9. The van der Waals surface area contributed by atoms with Crippen molar-refractivity contribution in [3.8, 4) is 23.0 Å². The molecular weight excluding hydrogens is 809 g/mol. The summed E-state index contributed by atoms with van der Waals surface area (Å²) in [6, 6.07) is 25.9. The van der Waals surface area contributed by atoms with Crippen LogP contribution in [0.1, 0.15) is 110 Å². The molecule has 0 saturated carbocycles. The first-order valence-electron chi connectivity index (χ1n) is 21.1. The fourth-order valence-corrected chi connectivity index (χ4v) is 5.10. The summed E-state index contributed by atoms with van der Waals surface area (Å²) in [6.07, 6.45) is 4.13. The number of aryl methyl sites for hydroxylation is 2. The Morgan fingerprint density at radius 1 is 0.594 bits per heavy atom. The third-order valence-electron chi connectivity index (χ3n) is 8.12. The molecule has 64 heavy (non-hydrogen) atoms. The average molecular weight is 881 g/mol. The van der Waals surface area contributed by atoms with Gasteiger partial charge in [-0.2, -0.15) is 9.97 Å². The number of nitrogen functional groups attached to an aromatic ring is 6. The first-order chi connectivity index (χ1) is 30.0. The number of nitrogens with two attached hydrogens (primary N) is 6. The molecule has 0 radical (unpaired) electrons. The molecule has 2 amide bonds. The lowest BCUT2D eigenvalue weighted by atomic mass is 9.98. The minimum absolute atomic E-state index is 0. The van der Waals surface area contributed by atoms with Crippen LogP contribution in [0.2, 0.25) is 0 Å². The minimum atomic E-state index is -0.349. The zero-order chi connectivity index (χ0) is 47.6. The van der Waals surface area contributed by atoms with E-state index < -0.39 is 0 Å². The van der Waals surface area contributed by atoms with Crippen LogP contribution in [0.3, 0.4) is 0 Å². The molecule has 0 bridgehead atoms. The molecule has 0 unspecified atom stereocenters. The van der Waals surface area contributed by atoms with Crippen LogP contribution >= 0.6 is 0 Å². The molecule has 2 aromatic heterocycles. The Hall–Kier alpha value is -7.33. The molecule has 2 heterocycles. The van der Waals surface area contributed by atoms with Crippen molar-refractivity contribution in [3.63, 3.8) is 0 Å². The zero-order valence-electron chi connectivity index (χ0n) is 39.6. The first-order valence-corrected chi connectivity index (χ1v) is 21.1. The van der Waals surface area contributed by atoms with E-state index in [2.05, 4.69) is 72.1 Å². The third kappa shape index (κ3) is 19.2. The molecule has 16 heteroatoms. The van der Waals surface area contributed by atoms with Gasteiger partial charge in [-0.25, -0.2) is 14.8 Å². The van der Waals surface area contributed by atoms with E-state index in [0.717, 1.165) is 27.9 Å². The van der Waals surface area contributed by atoms with Crippen molar-refractivity contribution in [2.75, 3.05) is 45.0 Å². The molecule has 0 aliphatic carbocycles. The van der Waals surface area contributed by atoms with Crippen LogP contribution in [0.5, 0.6) is 23.0 Å². The quantitative estimate of drug-likeness (QED) is 0.0660. The Kier molecular flexibility index (Phi) is 26.4. The molecule has 6 aromatic rings. The van der Waals surface area contributed by atoms with Crippen molar-refractivity contribution in [2.24, 2.45) is 0 Å². The number of amides is 2. The summed E-state index contributed by atoms with van der Waals surface area (Å²) in [5, 5.41) is 5.66. The van der Waals surface area contributed by atoms with E-state index in [-0.39, 0.29) is 41.0 Å². The summed E-state index contributed by atoms with van der Waals surface area (Å²) in [6.45, 7) is 24.4. The number of hydrogen-bond acceptors (Lipinski definition) is 13. The number of rotatable bonds is 8. The number of para-hydroxylation sites is 2. The molecule has 0 aliphatic heterocycles. The van der Waals surface area contributed by atoms with Gasteiger partial charge >= 0.3 is 6.03 Å². The lowest BCUT2D eigenvalue weighted by molar-refractivity contribution is 0.262. The number of hydrogen-bond donors (Lipinski definition) is 8. The third-order valence-corrected chi connectivity index (χ3v) is 8.12. The van der Waals surface area contributed by atoms with Gasteiger partial charge in [-0.3, -0.25) is 0 Å². The van der Waals surface area contributed by atoms with Gasteiger partial charge in [-0.05, 0) is 72.2 Å². The Balaban J connectivity index is 0.000000977. The monoisotopic (exact) mass is 881 g/mol. The lowest BCUT2D eigenvalue weighted by Gasteiger charge is -2.18. The van der Waals surface area contributed by atoms with E-state index in [4.69, 9.17) is 43.9 Å². The second kappa shape index (κ2) is 29.8. The van der Waals surface area contributed by atoms with Crippen molar-refractivity contribution >= 4 is 52.3 Å². The maximum Gasteiger partial charge on any atom is 0.323 e. The van der Waals surface area contributed by atoms with E-state index >= 15 is 0 Å². The fraction of sp³-hybridized carbons (Fsp3) is 0.312. The number of nitrogens with one attached hydrogen (secondary N) is 2. The number of aromatic nitrogens is 4. The molecule has 0 saturated heterocycles. The number of anilines is 8. The molecule has 0 spiro atoms. The van der Waals surface area contributed by atoms with Crippen LogP contribution in [0.4, 0.5) is 51.1 Å². The van der Waals surface area contributed by atoms with Gasteiger partial charge in [0.25, 0.3) is 0 Å². The van der Waals surface area contributed by atoms with Gasteiger partial charge in [0, 0.05) is 34.9 Å². The van der Waals surface area contributed by atoms with Gasteiger partial charge in [-0.1, -0.05) is 124 Å². The van der Waals surface area contributed by atoms with Gasteiger partial charge in [0.1, 0.15) is 11.5 Å². The number of carbonyl (C=O) groups excluding carboxylic acids is 1. The van der Waals surface area contributed by atoms with Gasteiger partial charge in [0.2, 0.25) is 11.9 Å². The molecule has 348 valence electrons. The van der Waals surface area contributed by atoms with Gasteiger partial charge in [-0.15, -0.1) is 0 Å². The minimum Gasteiger partial charge on any atom is -0.451 e. The number of ether oxygens (including phenoxy) is 2. The summed E-state index contributed by atoms with van der Waals surface area (Å²) >= 11 is 0. The fourth-order valence-electron chi connectivity index (χ4n) is 5.10. The maximum absolute atomic E-state index is 12.4. The van der Waals surface area contributed by atoms with E-state index in [1.165, 1.54) is 18.8 Å². The van der Waals surface area contributed by atoms with Crippen molar-refractivity contribution in [1.82, 2.24) is 19.9 Å². The van der Waals surface area contributed by atoms with Crippen LogP contribution in [0, 0.1) is 13.8 Å². The van der Waals surface area contributed by atoms with Crippen molar-refractivity contribution in [3.05, 3.63) is 120 Å². The van der Waals surface area contributed by atoms with Gasteiger partial charge in [0.05, 0.1) is 12.4 Å². The Morgan fingerprint density at radius 2 is 1.00 bits per heavy atom. The van der Waals surface area contributed by atoms with E-state index in [1.54, 1.807) is 12.1 Å². The molecule has 6 rings (SSSR count). The van der Waals surface area contributed by atoms with E-state index in [0.29, 0.717) is 46.0 Å². The molecule has 0 atom stereocenters. The van der Waals surface area contributed by atoms with Gasteiger partial charge < -0.3 is 60.0 Å². The standard InChI is InChI=1S/C21H24N6O2.C14H19N5O.C6H7N.C3H8.2C2H6.H2O/c1-12(2)15-9-13(3)16(26-21(28)25-14-7-5-4-6-8-14)10-17(15)29-18-11-24-20(23)27-19(18)22;1-7(2)9-4-8(3)10(15)5-11(9)20-12-6-18-14(17)19-13(12)16;7-6-4-2-1-3-5-6;1-3-2;2*1-2;/h4-12H,1-3H3,(H2,25,26,28)(H4,22,23,24,27);4-7H,15H2,1-3H3,(H4,16,17,18,19);1-5H,7H2;3H2,1-2H3;2*1-2H3;1H2. The molecule has 0 fully saturated rings. The molecule has 16 nitrogen and oxygen atoms in total. The number of benzene rings is 4. The summed E-state index contributed by atoms with van der Waals surface area (Å²) in [5.41, 5.74) is 40.7. The summed E-state index contributed by atoms with van der Waals surface area (Å²) in [5.74, 6) is 2.88. The number of urea groups is 1. The molecule has 0 aliphatic rings. The van der Waals surface area contributed by atoms with Crippen LogP contribution in [-0.2, 0) is 0 Å². The highest BCUT2D eigenvalue weighted by atomic mass is 16.5. The Morgan fingerprint density at radius 3 is 1.39 bits per heavy atom. The second-order valence-corrected chi connectivity index (χ2v) is 14.0. The van der Waals surface area contributed by atoms with Gasteiger partial charge in [0.15, 0.2) is 23.1 Å². The lowest BCUT2D eigenvalue weighted by Crippen LogP contribution is -2.20. The first kappa shape index (κ1) is 56.7. The largest absolute Gasteiger partial charge is 0.451 e. The van der Waals surface area contributed by atoms with E-state index in [1.807, 2.05) is 114 Å². The van der Waals surface area contributed by atoms with Crippen molar-refractivity contribution in [2.45, 2.75) is 101 Å². The maximum atomic E-state index is 12.4. The van der Waals surface area contributed by atoms with Crippen LogP contribution in [-0.4, -0.2) is 31.4 Å². The van der Waals surface area contributed by atoms with E-state index in [9.17, 15) is 4.79 Å². The highest BCUT2D eigenvalue weighted by Crippen LogP contribution is 2.37. The highest BCUT2D eigenvalue weighted by molar-refractivity contribution is 6.00. The molecule has 4 aromatic carbocycles. The smallest absolute Gasteiger partial charge is 0.323 e. The Labute approximate surface area is 379 Å². The number of carbonyl (C=O) groups is 1. The summed E-state index contributed by atoms with van der Waals surface area (Å²) in [4.78, 5) is 28.0. The van der Waals surface area contributed by atoms with Crippen LogP contribution < -0.4 is 54.5 Å². The summed E-state index contributed by atoms with van der Waals surface area (Å²) in [7, 11) is 0. The Bertz CT molecular complexity index is 2260. The second-order valence-electron chi connectivity index (χ2n) is 14.0. The SMILES string of the molecule is CC.CC.CCC.Cc1cc(C(C)C)c(Oc2cnc(N)nc2N)cc1N.Cc1cc(C(C)C)c(Oc2cnc(N)nc2N)cc1NC(=O)Nc1ccccc1.Nc1ccccc1.O. The average Bonchev–Trinajstić information content (AvgIpc) is 3.25. The van der Waals surface area contributed by atoms with Crippen LogP contribution in [0.25, 0.3) is 0 Å².